The van der Waals surface area contributed by atoms with Crippen LogP contribution < -0.4 is 63.7 Å². The van der Waals surface area contributed by atoms with Crippen molar-refractivity contribution < 1.29 is 136 Å². The minimum Gasteiger partial charge on any atom is -2.00 e. The fourth-order valence-electron chi connectivity index (χ4n) is 10.4. The predicted octanol–water partition coefficient (Wildman–Crippen LogP) is 12.1. The molecule has 0 heterocycles. The molecule has 2 nitrogen and oxygen atoms in total. The van der Waals surface area contributed by atoms with E-state index in [1.54, 1.807) is 14.1 Å². The second kappa shape index (κ2) is 71.5. The van der Waals surface area contributed by atoms with Crippen LogP contribution in [0.15, 0.2) is 364 Å². The molecule has 12 aromatic carbocycles. The average molecular weight is 2750 g/mol. The Hall–Kier alpha value is 1.76. The van der Waals surface area contributed by atoms with Crippen molar-refractivity contribution in [1.29, 1.82) is 0 Å². The maximum atomic E-state index is 9.43. The Morgan fingerprint density at radius 1 is 0.223 bits per heavy atom. The van der Waals surface area contributed by atoms with Crippen LogP contribution in [0.4, 0.5) is 0 Å². The summed E-state index contributed by atoms with van der Waals surface area (Å²) >= 11 is 9.53. The monoisotopic (exact) mass is 2750 g/mol. The van der Waals surface area contributed by atoms with E-state index in [1.165, 1.54) is 86.3 Å². The van der Waals surface area contributed by atoms with Gasteiger partial charge in [-0.25, -0.2) is 0 Å². The van der Waals surface area contributed by atoms with Gasteiger partial charge in [0.15, 0.2) is 17.7 Å². The van der Waals surface area contributed by atoms with Gasteiger partial charge in [-0.15, -0.1) is 23.2 Å². The third kappa shape index (κ3) is 42.1. The zero-order valence-corrected chi connectivity index (χ0v) is 89.0. The van der Waals surface area contributed by atoms with E-state index in [1.807, 2.05) is 0 Å². The number of rotatable bonds is 19. The van der Waals surface area contributed by atoms with Crippen molar-refractivity contribution in [2.75, 3.05) is 37.1 Å². The summed E-state index contributed by atoms with van der Waals surface area (Å²) in [5.74, 6) is 3.74. The molecule has 0 saturated heterocycles. The minimum absolute atomic E-state index is 0. The molecule has 0 fully saturated rings. The standard InChI is InChI=1S/3C25H22P2.C3H7NO.CH2Cl2.4Ag.8Se.2W/c3*1-5-13-22(14-6-1)26(23-15-7-2-8-16-23)21-27(24-17-9-3-10-18-24)25-19-11-4-12-20-25;1-4(2)3-5;2-1-3;;;;;;;;;;;;;;/h3*1-20H,21H2;3H,1-2H3;1H2;;;;;;;;;;;;;;/q;;;;;4*+1;8*-2;;/p+6. The van der Waals surface area contributed by atoms with Crippen molar-refractivity contribution >= 4 is 277 Å². The molecule has 103 heavy (non-hydrogen) atoms. The third-order valence-corrected chi connectivity index (χ3v) is 35.6. The maximum absolute atomic E-state index is 9.43. The Balaban J connectivity index is -0.000000239. The molecule has 12 aromatic rings. The number of benzene rings is 12. The Morgan fingerprint density at radius 3 is 0.350 bits per heavy atom. The summed E-state index contributed by atoms with van der Waals surface area (Å²) in [7, 11) is -1.71. The fraction of sp³-hybridized carbons (Fsp3) is 0.0759. The Bertz CT molecular complexity index is 2960. The van der Waals surface area contributed by atoms with Crippen LogP contribution in [-0.2, 0) is 136 Å². The van der Waals surface area contributed by atoms with Gasteiger partial charge < -0.3 is 141 Å². The summed E-state index contributed by atoms with van der Waals surface area (Å²) in [5, 5.41) is 18.2. The van der Waals surface area contributed by atoms with Crippen molar-refractivity contribution in [2.24, 2.45) is 0 Å². The molecule has 0 bridgehead atoms. The number of carbonyl (C=O) groups is 1. The van der Waals surface area contributed by atoms with Gasteiger partial charge in [0.25, 0.3) is 0 Å². The topological polar surface area (TPSA) is 20.3 Å². The van der Waals surface area contributed by atoms with Gasteiger partial charge in [-0.3, -0.25) is 4.79 Å². The van der Waals surface area contributed by atoms with E-state index in [0.717, 1.165) is 6.41 Å². The van der Waals surface area contributed by atoms with Crippen LogP contribution >= 0.6 is 70.7 Å². The molecular formula is C79H81Ag4Cl2NOP6Se8W2-6. The van der Waals surface area contributed by atoms with E-state index in [-0.39, 0.29) is 274 Å². The number of carbonyl (C=O) groups excluding carboxylic acids is 1. The van der Waals surface area contributed by atoms with Crippen molar-refractivity contribution in [3.05, 3.63) is 364 Å². The summed E-state index contributed by atoms with van der Waals surface area (Å²) < 4.78 is 0. The molecule has 12 rings (SSSR count). The van der Waals surface area contributed by atoms with E-state index >= 15 is 0 Å². The van der Waals surface area contributed by atoms with Crippen molar-refractivity contribution in [1.82, 2.24) is 4.90 Å². The van der Waals surface area contributed by atoms with E-state index in [4.69, 9.17) is 23.2 Å². The molecule has 0 atom stereocenters. The molecule has 0 aliphatic heterocycles. The van der Waals surface area contributed by atoms with Crippen molar-refractivity contribution in [2.45, 2.75) is 0 Å². The summed E-state index contributed by atoms with van der Waals surface area (Å²) in [6.45, 7) is 0. The average Bonchev–Trinajstić information content (AvgIpc) is 0.829. The SMILES string of the molecule is CN(C)C=O.ClCCl.[Ag+].[Ag+].[Ag+].[Ag+].[Se-2].[Se-2].[Se-2].[Se-2].[Se-2].[Se-2].[Se-2].[Se-2].[W].[W].c1ccc([PH+](C[PH+](c2ccccc2)c2ccccc2)c2ccccc2)cc1.c1ccc([PH+](C[PH+](c2ccccc2)c2ccccc2)c2ccccc2)cc1.c1ccc([PH+](C[PH+](c2ccccc2)c2ccccc2)c2ccccc2)cc1. The molecule has 0 saturated carbocycles. The summed E-state index contributed by atoms with van der Waals surface area (Å²) in [5.41, 5.74) is 0. The molecule has 0 spiro atoms. The molecule has 0 unspecified atom stereocenters. The smallest absolute Gasteiger partial charge is 1.00 e. The normalized spacial score (nSPS) is 9.18. The minimum atomic E-state index is -0.847. The first-order chi connectivity index (χ1) is 43.9. The maximum Gasteiger partial charge on any atom is 1.00 e. The van der Waals surface area contributed by atoms with E-state index in [2.05, 4.69) is 364 Å². The van der Waals surface area contributed by atoms with Gasteiger partial charge in [0, 0.05) is 56.2 Å². The van der Waals surface area contributed by atoms with E-state index < -0.39 is 47.5 Å². The van der Waals surface area contributed by atoms with Crippen LogP contribution in [0, 0.1) is 0 Å². The summed E-state index contributed by atoms with van der Waals surface area (Å²) in [6.07, 6.45) is 0.750. The first-order valence-corrected chi connectivity index (χ1v) is 41.3. The first kappa shape index (κ1) is 118. The molecule has 0 aromatic heterocycles. The van der Waals surface area contributed by atoms with E-state index in [9.17, 15) is 4.79 Å². The zero-order chi connectivity index (χ0) is 61.9. The van der Waals surface area contributed by atoms with Gasteiger partial charge in [0.1, 0.15) is 111 Å². The number of amides is 1. The van der Waals surface area contributed by atoms with Gasteiger partial charge in [-0.05, 0) is 146 Å². The largest absolute Gasteiger partial charge is 2.00 e. The van der Waals surface area contributed by atoms with Crippen LogP contribution in [0.5, 0.6) is 0 Å². The van der Waals surface area contributed by atoms with E-state index in [0.29, 0.717) is 0 Å². The number of alkyl halides is 2. The number of halogens is 2. The fourth-order valence-corrected chi connectivity index (χ4v) is 33.6. The summed E-state index contributed by atoms with van der Waals surface area (Å²) in [6, 6.07) is 133. The molecule has 0 aliphatic carbocycles. The quantitative estimate of drug-likeness (QED) is 0.0342. The number of hydrogen-bond acceptors (Lipinski definition) is 1. The van der Waals surface area contributed by atoms with Crippen LogP contribution in [0.3, 0.4) is 0 Å². The molecule has 24 heteroatoms. The molecule has 562 valence electrons. The van der Waals surface area contributed by atoms with Gasteiger partial charge in [0.05, 0.1) is 5.34 Å². The number of hydrogen-bond donors (Lipinski definition) is 0. The van der Waals surface area contributed by atoms with Crippen LogP contribution in [0.1, 0.15) is 0 Å². The Morgan fingerprint density at radius 2 is 0.291 bits per heavy atom. The van der Waals surface area contributed by atoms with Gasteiger partial charge in [-0.2, -0.15) is 0 Å². The zero-order valence-electron chi connectivity index (χ0n) is 55.9. The van der Waals surface area contributed by atoms with Gasteiger partial charge in [-0.1, -0.05) is 218 Å². The predicted molar refractivity (Wildman–Crippen MR) is 460 cm³/mol. The molecule has 0 radical (unpaired) electrons. The van der Waals surface area contributed by atoms with Gasteiger partial charge >= 0.3 is 89.5 Å². The van der Waals surface area contributed by atoms with Crippen LogP contribution in [0.2, 0.25) is 0 Å². The number of nitrogens with zero attached hydrogens (tertiary/aromatic N) is 1. The molecule has 0 aliphatic rings. The Kier molecular flexibility index (Phi) is 82.0. The van der Waals surface area contributed by atoms with Crippen LogP contribution in [-0.4, -0.2) is 185 Å². The van der Waals surface area contributed by atoms with Gasteiger partial charge in [0.2, 0.25) is 6.41 Å². The molecular weight excluding hydrogens is 2670 g/mol. The summed E-state index contributed by atoms with van der Waals surface area (Å²) in [4.78, 5) is 10.9. The van der Waals surface area contributed by atoms with Crippen LogP contribution in [0.25, 0.3) is 0 Å². The Labute approximate surface area is 807 Å². The third-order valence-electron chi connectivity index (χ3n) is 14.7. The second-order valence-electron chi connectivity index (χ2n) is 21.0. The second-order valence-corrected chi connectivity index (χ2v) is 38.7. The van der Waals surface area contributed by atoms with Crippen molar-refractivity contribution in [3.8, 4) is 0 Å². The van der Waals surface area contributed by atoms with Crippen molar-refractivity contribution in [3.63, 3.8) is 0 Å². The molecule has 0 N–H and O–H groups in total. The molecule has 1 amide bonds. The first-order valence-electron chi connectivity index (χ1n) is 30.0.